The molecular formula is C12H18O. The summed E-state index contributed by atoms with van der Waals surface area (Å²) in [6.07, 6.45) is 3.95. The van der Waals surface area contributed by atoms with Crippen LogP contribution in [0.25, 0.3) is 0 Å². The Morgan fingerprint density at radius 3 is 2.46 bits per heavy atom. The van der Waals surface area contributed by atoms with Crippen molar-refractivity contribution < 1.29 is 5.11 Å². The van der Waals surface area contributed by atoms with Crippen molar-refractivity contribution >= 4 is 0 Å². The molecule has 0 radical (unpaired) electrons. The number of benzene rings is 1. The van der Waals surface area contributed by atoms with Gasteiger partial charge in [-0.25, -0.2) is 0 Å². The van der Waals surface area contributed by atoms with Gasteiger partial charge in [-0.05, 0) is 36.3 Å². The van der Waals surface area contributed by atoms with E-state index in [9.17, 15) is 0 Å². The third kappa shape index (κ3) is 2.56. The Morgan fingerprint density at radius 2 is 1.77 bits per heavy atom. The predicted molar refractivity (Wildman–Crippen MR) is 55.8 cm³/mol. The first-order chi connectivity index (χ1) is 6.36. The standard InChI is InChI=1S/C11H14.CH4O/c1-9-6-7-10-4-2-3-5-11(10)8-9;1-2/h2-5,9H,6-8H2,1H3;2H,1H3. The lowest BCUT2D eigenvalue weighted by molar-refractivity contribution is 0.399. The SMILES string of the molecule is CC1CCc2ccccc2C1.CO. The highest BCUT2D eigenvalue weighted by atomic mass is 16.2. The minimum absolute atomic E-state index is 0.893. The van der Waals surface area contributed by atoms with Gasteiger partial charge in [0.2, 0.25) is 0 Å². The molecule has 0 saturated heterocycles. The molecule has 1 aromatic rings. The zero-order valence-corrected chi connectivity index (χ0v) is 8.46. The van der Waals surface area contributed by atoms with Gasteiger partial charge in [0, 0.05) is 7.11 Å². The highest BCUT2D eigenvalue weighted by Crippen LogP contribution is 2.24. The molecular weight excluding hydrogens is 160 g/mol. The summed E-state index contributed by atoms with van der Waals surface area (Å²) in [5, 5.41) is 7.00. The van der Waals surface area contributed by atoms with Gasteiger partial charge in [-0.2, -0.15) is 0 Å². The first kappa shape index (κ1) is 10.3. The molecule has 0 saturated carbocycles. The number of hydrogen-bond donors (Lipinski definition) is 1. The van der Waals surface area contributed by atoms with Crippen LogP contribution in [0.5, 0.6) is 0 Å². The van der Waals surface area contributed by atoms with Crippen molar-refractivity contribution in [2.75, 3.05) is 7.11 Å². The van der Waals surface area contributed by atoms with Crippen LogP contribution < -0.4 is 0 Å². The van der Waals surface area contributed by atoms with E-state index in [0.717, 1.165) is 13.0 Å². The molecule has 1 aromatic carbocycles. The average molecular weight is 178 g/mol. The molecule has 0 bridgehead atoms. The zero-order valence-electron chi connectivity index (χ0n) is 8.46. The minimum atomic E-state index is 0.893. The highest BCUT2D eigenvalue weighted by Gasteiger charge is 2.13. The summed E-state index contributed by atoms with van der Waals surface area (Å²) >= 11 is 0. The maximum absolute atomic E-state index is 7.00. The van der Waals surface area contributed by atoms with Crippen molar-refractivity contribution in [3.8, 4) is 0 Å². The van der Waals surface area contributed by atoms with E-state index in [1.807, 2.05) is 0 Å². The molecule has 1 unspecified atom stereocenters. The number of rotatable bonds is 0. The Morgan fingerprint density at radius 1 is 1.15 bits per heavy atom. The average Bonchev–Trinajstić information content (AvgIpc) is 2.21. The van der Waals surface area contributed by atoms with Crippen molar-refractivity contribution in [2.45, 2.75) is 26.2 Å². The van der Waals surface area contributed by atoms with Crippen LogP contribution in [0.1, 0.15) is 24.5 Å². The summed E-state index contributed by atoms with van der Waals surface area (Å²) in [4.78, 5) is 0. The molecule has 1 heteroatoms. The minimum Gasteiger partial charge on any atom is -0.400 e. The van der Waals surface area contributed by atoms with Gasteiger partial charge in [-0.1, -0.05) is 31.2 Å². The van der Waals surface area contributed by atoms with Crippen LogP contribution in [0.15, 0.2) is 24.3 Å². The molecule has 1 aliphatic carbocycles. The second-order valence-corrected chi connectivity index (χ2v) is 3.62. The topological polar surface area (TPSA) is 20.2 Å². The molecule has 2 rings (SSSR count). The summed E-state index contributed by atoms with van der Waals surface area (Å²) in [6.45, 7) is 2.34. The van der Waals surface area contributed by atoms with Crippen molar-refractivity contribution in [3.05, 3.63) is 35.4 Å². The maximum atomic E-state index is 7.00. The van der Waals surface area contributed by atoms with Crippen LogP contribution >= 0.6 is 0 Å². The van der Waals surface area contributed by atoms with Crippen LogP contribution in [0.3, 0.4) is 0 Å². The molecule has 0 amide bonds. The van der Waals surface area contributed by atoms with E-state index >= 15 is 0 Å². The lowest BCUT2D eigenvalue weighted by Crippen LogP contribution is -2.10. The predicted octanol–water partition coefficient (Wildman–Crippen LogP) is 2.42. The van der Waals surface area contributed by atoms with Gasteiger partial charge in [0.15, 0.2) is 0 Å². The Labute approximate surface area is 80.4 Å². The number of aryl methyl sites for hydroxylation is 1. The number of hydrogen-bond acceptors (Lipinski definition) is 1. The summed E-state index contributed by atoms with van der Waals surface area (Å²) in [7, 11) is 1.00. The maximum Gasteiger partial charge on any atom is 0.0319 e. The molecule has 0 aliphatic heterocycles. The Kier molecular flexibility index (Phi) is 3.97. The van der Waals surface area contributed by atoms with Gasteiger partial charge in [-0.15, -0.1) is 0 Å². The third-order valence-electron chi connectivity index (χ3n) is 2.59. The van der Waals surface area contributed by atoms with Crippen LogP contribution in [0.4, 0.5) is 0 Å². The lowest BCUT2D eigenvalue weighted by Gasteiger charge is -2.20. The van der Waals surface area contributed by atoms with Crippen LogP contribution in [-0.4, -0.2) is 12.2 Å². The lowest BCUT2D eigenvalue weighted by atomic mass is 9.85. The molecule has 0 aromatic heterocycles. The van der Waals surface area contributed by atoms with Gasteiger partial charge in [-0.3, -0.25) is 0 Å². The molecule has 1 atom stereocenters. The second-order valence-electron chi connectivity index (χ2n) is 3.62. The second kappa shape index (κ2) is 5.03. The normalized spacial score (nSPS) is 19.8. The number of aliphatic hydroxyl groups excluding tert-OH is 1. The first-order valence-corrected chi connectivity index (χ1v) is 4.88. The number of fused-ring (bicyclic) bond motifs is 1. The molecule has 1 N–H and O–H groups in total. The van der Waals surface area contributed by atoms with Gasteiger partial charge in [0.1, 0.15) is 0 Å². The first-order valence-electron chi connectivity index (χ1n) is 4.88. The van der Waals surface area contributed by atoms with E-state index in [0.29, 0.717) is 0 Å². The summed E-state index contributed by atoms with van der Waals surface area (Å²) in [5.41, 5.74) is 3.15. The van der Waals surface area contributed by atoms with E-state index < -0.39 is 0 Å². The molecule has 0 fully saturated rings. The molecule has 0 heterocycles. The van der Waals surface area contributed by atoms with Crippen LogP contribution in [0.2, 0.25) is 0 Å². The third-order valence-corrected chi connectivity index (χ3v) is 2.59. The van der Waals surface area contributed by atoms with Gasteiger partial charge in [0.05, 0.1) is 0 Å². The van der Waals surface area contributed by atoms with Crippen LogP contribution in [0, 0.1) is 5.92 Å². The van der Waals surface area contributed by atoms with Crippen molar-refractivity contribution in [1.29, 1.82) is 0 Å². The van der Waals surface area contributed by atoms with E-state index in [1.54, 1.807) is 11.1 Å². The molecule has 1 nitrogen and oxygen atoms in total. The fourth-order valence-electron chi connectivity index (χ4n) is 1.88. The van der Waals surface area contributed by atoms with E-state index in [-0.39, 0.29) is 0 Å². The van der Waals surface area contributed by atoms with Gasteiger partial charge < -0.3 is 5.11 Å². The van der Waals surface area contributed by atoms with Gasteiger partial charge >= 0.3 is 0 Å². The van der Waals surface area contributed by atoms with Gasteiger partial charge in [0.25, 0.3) is 0 Å². The van der Waals surface area contributed by atoms with Crippen LogP contribution in [-0.2, 0) is 12.8 Å². The van der Waals surface area contributed by atoms with Crippen molar-refractivity contribution in [3.63, 3.8) is 0 Å². The fraction of sp³-hybridized carbons (Fsp3) is 0.500. The van der Waals surface area contributed by atoms with E-state index in [2.05, 4.69) is 31.2 Å². The molecule has 0 spiro atoms. The zero-order chi connectivity index (χ0) is 9.68. The van der Waals surface area contributed by atoms with E-state index in [1.165, 1.54) is 19.3 Å². The molecule has 13 heavy (non-hydrogen) atoms. The van der Waals surface area contributed by atoms with E-state index in [4.69, 9.17) is 5.11 Å². The van der Waals surface area contributed by atoms with Crippen molar-refractivity contribution in [2.24, 2.45) is 5.92 Å². The molecule has 1 aliphatic rings. The Hall–Kier alpha value is -0.820. The quantitative estimate of drug-likeness (QED) is 0.647. The smallest absolute Gasteiger partial charge is 0.0319 e. The summed E-state index contributed by atoms with van der Waals surface area (Å²) in [5.74, 6) is 0.893. The largest absolute Gasteiger partial charge is 0.400 e. The monoisotopic (exact) mass is 178 g/mol. The fourth-order valence-corrected chi connectivity index (χ4v) is 1.88. The summed E-state index contributed by atoms with van der Waals surface area (Å²) in [6, 6.07) is 8.83. The number of aliphatic hydroxyl groups is 1. The molecule has 72 valence electrons. The summed E-state index contributed by atoms with van der Waals surface area (Å²) < 4.78 is 0. The Bertz CT molecular complexity index is 255. The Balaban J connectivity index is 0.000000396. The van der Waals surface area contributed by atoms with Crippen molar-refractivity contribution in [1.82, 2.24) is 0 Å². The highest BCUT2D eigenvalue weighted by molar-refractivity contribution is 5.29.